The first-order chi connectivity index (χ1) is 5.75. The largest absolute Gasteiger partial charge is 0.0649 e. The second-order valence-corrected chi connectivity index (χ2v) is 6.27. The molecule has 0 heterocycles. The summed E-state index contributed by atoms with van der Waals surface area (Å²) in [5.41, 5.74) is 1.12. The Morgan fingerprint density at radius 3 is 1.92 bits per heavy atom. The Kier molecular flexibility index (Phi) is 2.56. The topological polar surface area (TPSA) is 0 Å². The minimum Gasteiger partial charge on any atom is -0.0649 e. The van der Waals surface area contributed by atoms with Crippen LogP contribution < -0.4 is 0 Å². The average molecular weight is 182 g/mol. The summed E-state index contributed by atoms with van der Waals surface area (Å²) in [7, 11) is 0. The van der Waals surface area contributed by atoms with Crippen LogP contribution in [0.25, 0.3) is 0 Å². The van der Waals surface area contributed by atoms with Crippen LogP contribution in [0.15, 0.2) is 0 Å². The van der Waals surface area contributed by atoms with Gasteiger partial charge in [-0.2, -0.15) is 0 Å². The van der Waals surface area contributed by atoms with Crippen LogP contribution in [0.3, 0.4) is 0 Å². The third-order valence-electron chi connectivity index (χ3n) is 5.14. The highest BCUT2D eigenvalue weighted by molar-refractivity contribution is 5.06. The smallest absolute Gasteiger partial charge is 0.0292 e. The van der Waals surface area contributed by atoms with Crippen molar-refractivity contribution in [2.45, 2.75) is 54.9 Å². The van der Waals surface area contributed by atoms with Crippen LogP contribution >= 0.6 is 0 Å². The van der Waals surface area contributed by atoms with Crippen molar-refractivity contribution in [2.24, 2.45) is 28.6 Å². The summed E-state index contributed by atoms with van der Waals surface area (Å²) in [5.74, 6) is 2.73. The van der Waals surface area contributed by atoms with Crippen LogP contribution in [0.1, 0.15) is 54.9 Å². The zero-order valence-corrected chi connectivity index (χ0v) is 10.4. The molecule has 0 bridgehead atoms. The molecule has 0 spiro atoms. The maximum absolute atomic E-state index is 2.44. The van der Waals surface area contributed by atoms with E-state index < -0.39 is 0 Å². The predicted molar refractivity (Wildman–Crippen MR) is 59.7 cm³/mol. The van der Waals surface area contributed by atoms with Gasteiger partial charge in [0.15, 0.2) is 0 Å². The molecule has 1 fully saturated rings. The molecule has 1 aliphatic rings. The molecule has 3 atom stereocenters. The Balaban J connectivity index is 2.66. The Labute approximate surface area is 84.1 Å². The minimum atomic E-state index is 0.521. The summed E-state index contributed by atoms with van der Waals surface area (Å²) >= 11 is 0. The van der Waals surface area contributed by atoms with E-state index in [4.69, 9.17) is 0 Å². The molecule has 3 unspecified atom stereocenters. The fourth-order valence-electron chi connectivity index (χ4n) is 2.83. The number of hydrogen-bond donors (Lipinski definition) is 0. The molecule has 1 aliphatic carbocycles. The van der Waals surface area contributed by atoms with Gasteiger partial charge in [-0.05, 0) is 28.6 Å². The van der Waals surface area contributed by atoms with E-state index in [1.54, 1.807) is 0 Å². The monoisotopic (exact) mass is 182 g/mol. The van der Waals surface area contributed by atoms with Crippen molar-refractivity contribution in [1.29, 1.82) is 0 Å². The van der Waals surface area contributed by atoms with Crippen LogP contribution in [0, 0.1) is 28.6 Å². The molecule has 0 radical (unpaired) electrons. The molecular formula is C13H26. The lowest BCUT2D eigenvalue weighted by atomic mass is 9.73. The van der Waals surface area contributed by atoms with Gasteiger partial charge >= 0.3 is 0 Å². The van der Waals surface area contributed by atoms with E-state index in [9.17, 15) is 0 Å². The molecule has 0 aromatic rings. The van der Waals surface area contributed by atoms with E-state index in [-0.39, 0.29) is 0 Å². The summed E-state index contributed by atoms with van der Waals surface area (Å²) in [6.07, 6.45) is 1.30. The van der Waals surface area contributed by atoms with Gasteiger partial charge in [-0.1, -0.05) is 54.9 Å². The van der Waals surface area contributed by atoms with Gasteiger partial charge in [-0.15, -0.1) is 0 Å². The van der Waals surface area contributed by atoms with Crippen LogP contribution in [0.5, 0.6) is 0 Å². The predicted octanol–water partition coefficient (Wildman–Crippen LogP) is 4.35. The van der Waals surface area contributed by atoms with Crippen molar-refractivity contribution in [3.63, 3.8) is 0 Å². The van der Waals surface area contributed by atoms with Gasteiger partial charge < -0.3 is 0 Å². The van der Waals surface area contributed by atoms with E-state index in [0.717, 1.165) is 17.8 Å². The maximum Gasteiger partial charge on any atom is -0.0292 e. The van der Waals surface area contributed by atoms with Crippen LogP contribution in [-0.4, -0.2) is 0 Å². The third kappa shape index (κ3) is 1.65. The first-order valence-corrected chi connectivity index (χ1v) is 5.75. The lowest BCUT2D eigenvalue weighted by Gasteiger charge is -2.32. The van der Waals surface area contributed by atoms with Crippen molar-refractivity contribution in [3.8, 4) is 0 Å². The summed E-state index contributed by atoms with van der Waals surface area (Å²) in [6, 6.07) is 0. The minimum absolute atomic E-state index is 0.521. The fourth-order valence-corrected chi connectivity index (χ4v) is 2.83. The number of hydrogen-bond acceptors (Lipinski definition) is 0. The fraction of sp³-hybridized carbons (Fsp3) is 1.00. The van der Waals surface area contributed by atoms with Gasteiger partial charge in [0.25, 0.3) is 0 Å². The Morgan fingerprint density at radius 2 is 1.69 bits per heavy atom. The standard InChI is InChI=1S/C13H26/c1-8-12(4,5)9(2)11-10(3)13(11,6)7/h9-11H,8H2,1-7H3. The van der Waals surface area contributed by atoms with E-state index in [2.05, 4.69) is 48.5 Å². The van der Waals surface area contributed by atoms with Gasteiger partial charge in [-0.3, -0.25) is 0 Å². The molecule has 0 aliphatic heterocycles. The van der Waals surface area contributed by atoms with Gasteiger partial charge in [-0.25, -0.2) is 0 Å². The molecule has 78 valence electrons. The molecule has 13 heavy (non-hydrogen) atoms. The summed E-state index contributed by atoms with van der Waals surface area (Å²) in [6.45, 7) is 16.8. The Morgan fingerprint density at radius 1 is 1.31 bits per heavy atom. The lowest BCUT2D eigenvalue weighted by Crippen LogP contribution is -2.24. The van der Waals surface area contributed by atoms with E-state index in [0.29, 0.717) is 10.8 Å². The molecule has 0 N–H and O–H groups in total. The van der Waals surface area contributed by atoms with E-state index >= 15 is 0 Å². The molecule has 0 aromatic carbocycles. The van der Waals surface area contributed by atoms with Crippen molar-refractivity contribution in [3.05, 3.63) is 0 Å². The first kappa shape index (κ1) is 11.1. The Bertz CT molecular complexity index is 188. The molecule has 0 saturated heterocycles. The molecule has 0 nitrogen and oxygen atoms in total. The SMILES string of the molecule is CCC(C)(C)C(C)C1C(C)C1(C)C. The lowest BCUT2D eigenvalue weighted by molar-refractivity contribution is 0.177. The van der Waals surface area contributed by atoms with Crippen molar-refractivity contribution in [1.82, 2.24) is 0 Å². The highest BCUT2D eigenvalue weighted by Crippen LogP contribution is 2.64. The quantitative estimate of drug-likeness (QED) is 0.608. The highest BCUT2D eigenvalue weighted by atomic mass is 14.6. The van der Waals surface area contributed by atoms with Gasteiger partial charge in [0.1, 0.15) is 0 Å². The number of rotatable bonds is 3. The van der Waals surface area contributed by atoms with Crippen LogP contribution in [0.2, 0.25) is 0 Å². The second-order valence-electron chi connectivity index (χ2n) is 6.27. The summed E-state index contributed by atoms with van der Waals surface area (Å²) in [5, 5.41) is 0. The molecule has 1 saturated carbocycles. The molecule has 0 amide bonds. The normalized spacial score (nSPS) is 34.4. The third-order valence-corrected chi connectivity index (χ3v) is 5.14. The van der Waals surface area contributed by atoms with E-state index in [1.165, 1.54) is 6.42 Å². The van der Waals surface area contributed by atoms with Crippen molar-refractivity contribution < 1.29 is 0 Å². The van der Waals surface area contributed by atoms with Crippen LogP contribution in [0.4, 0.5) is 0 Å². The van der Waals surface area contributed by atoms with Gasteiger partial charge in [0, 0.05) is 0 Å². The maximum atomic E-state index is 2.44. The Hall–Kier alpha value is 0. The zero-order valence-electron chi connectivity index (χ0n) is 10.4. The molecule has 0 heteroatoms. The molecular weight excluding hydrogens is 156 g/mol. The van der Waals surface area contributed by atoms with Gasteiger partial charge in [0.2, 0.25) is 0 Å². The van der Waals surface area contributed by atoms with Crippen LogP contribution in [-0.2, 0) is 0 Å². The highest BCUT2D eigenvalue weighted by Gasteiger charge is 2.58. The average Bonchev–Trinajstić information content (AvgIpc) is 2.50. The zero-order chi connectivity index (χ0) is 10.4. The second kappa shape index (κ2) is 3.00. The van der Waals surface area contributed by atoms with Gasteiger partial charge in [0.05, 0.1) is 0 Å². The first-order valence-electron chi connectivity index (χ1n) is 5.75. The van der Waals surface area contributed by atoms with Crippen molar-refractivity contribution >= 4 is 0 Å². The molecule has 1 rings (SSSR count). The summed E-state index contributed by atoms with van der Waals surface area (Å²) in [4.78, 5) is 0. The summed E-state index contributed by atoms with van der Waals surface area (Å²) < 4.78 is 0. The van der Waals surface area contributed by atoms with Crippen molar-refractivity contribution in [2.75, 3.05) is 0 Å². The molecule has 0 aromatic heterocycles. The van der Waals surface area contributed by atoms with E-state index in [1.807, 2.05) is 0 Å².